The first-order valence-corrected chi connectivity index (χ1v) is 10.6. The smallest absolute Gasteiger partial charge is 0.242 e. The molecule has 0 radical (unpaired) electrons. The number of nitrogens with zero attached hydrogens (tertiary/aromatic N) is 1. The third-order valence-corrected chi connectivity index (χ3v) is 5.14. The maximum Gasteiger partial charge on any atom is 0.242 e. The molecular weight excluding hydrogens is 360 g/mol. The van der Waals surface area contributed by atoms with Crippen molar-refractivity contribution in [2.75, 3.05) is 6.54 Å². The molecule has 0 spiro atoms. The number of amides is 2. The molecule has 29 heavy (non-hydrogen) atoms. The highest BCUT2D eigenvalue weighted by molar-refractivity contribution is 5.87. The van der Waals surface area contributed by atoms with Crippen LogP contribution in [0.5, 0.6) is 0 Å². The van der Waals surface area contributed by atoms with Crippen LogP contribution in [0.15, 0.2) is 54.6 Å². The third-order valence-electron chi connectivity index (χ3n) is 5.14. The number of hydrogen-bond donors (Lipinski definition) is 1. The molecule has 0 bridgehead atoms. The Balaban J connectivity index is 2.19. The highest BCUT2D eigenvalue weighted by Crippen LogP contribution is 2.17. The van der Waals surface area contributed by atoms with Gasteiger partial charge in [-0.1, -0.05) is 75.4 Å². The predicted octanol–water partition coefficient (Wildman–Crippen LogP) is 4.51. The molecule has 2 aromatic rings. The van der Waals surface area contributed by atoms with Crippen molar-refractivity contribution in [2.45, 2.75) is 59.5 Å². The summed E-state index contributed by atoms with van der Waals surface area (Å²) < 4.78 is 0. The van der Waals surface area contributed by atoms with E-state index in [1.807, 2.05) is 68.4 Å². The van der Waals surface area contributed by atoms with E-state index in [0.29, 0.717) is 38.3 Å². The monoisotopic (exact) mass is 394 g/mol. The van der Waals surface area contributed by atoms with E-state index >= 15 is 0 Å². The summed E-state index contributed by atoms with van der Waals surface area (Å²) in [4.78, 5) is 27.9. The summed E-state index contributed by atoms with van der Waals surface area (Å²) in [5, 5.41) is 3.01. The standard InChI is InChI=1S/C25H34N2O2/c1-5-23(25(29)26-17-19(2)3)27(18-22-14-10-9-11-20(22)4)24(28)16-15-21-12-7-6-8-13-21/h6-14,19,23H,5,15-18H2,1-4H3,(H,26,29). The summed E-state index contributed by atoms with van der Waals surface area (Å²) >= 11 is 0. The number of benzene rings is 2. The molecule has 2 amide bonds. The van der Waals surface area contributed by atoms with Gasteiger partial charge in [0.05, 0.1) is 0 Å². The summed E-state index contributed by atoms with van der Waals surface area (Å²) in [6, 6.07) is 17.6. The predicted molar refractivity (Wildman–Crippen MR) is 118 cm³/mol. The van der Waals surface area contributed by atoms with E-state index in [1.54, 1.807) is 4.90 Å². The van der Waals surface area contributed by atoms with Crippen LogP contribution in [0.1, 0.15) is 50.3 Å². The summed E-state index contributed by atoms with van der Waals surface area (Å²) in [7, 11) is 0. The van der Waals surface area contributed by atoms with Crippen LogP contribution in [-0.2, 0) is 22.6 Å². The second kappa shape index (κ2) is 11.4. The minimum atomic E-state index is -0.461. The van der Waals surface area contributed by atoms with Crippen LogP contribution >= 0.6 is 0 Å². The molecule has 0 heterocycles. The molecule has 1 unspecified atom stereocenters. The Morgan fingerprint density at radius 2 is 1.66 bits per heavy atom. The van der Waals surface area contributed by atoms with E-state index in [-0.39, 0.29) is 11.8 Å². The van der Waals surface area contributed by atoms with E-state index in [2.05, 4.69) is 19.2 Å². The van der Waals surface area contributed by atoms with Crippen molar-refractivity contribution in [1.82, 2.24) is 10.2 Å². The zero-order valence-electron chi connectivity index (χ0n) is 18.2. The molecule has 0 saturated carbocycles. The van der Waals surface area contributed by atoms with Crippen molar-refractivity contribution in [2.24, 2.45) is 5.92 Å². The minimum absolute atomic E-state index is 0.0173. The van der Waals surface area contributed by atoms with Crippen molar-refractivity contribution in [1.29, 1.82) is 0 Å². The Labute approximate surface area is 175 Å². The molecule has 1 atom stereocenters. The first-order chi connectivity index (χ1) is 13.9. The van der Waals surface area contributed by atoms with Gasteiger partial charge in [-0.15, -0.1) is 0 Å². The van der Waals surface area contributed by atoms with Gasteiger partial charge in [-0.25, -0.2) is 0 Å². The fourth-order valence-electron chi connectivity index (χ4n) is 3.35. The van der Waals surface area contributed by atoms with Gasteiger partial charge in [0.2, 0.25) is 11.8 Å². The van der Waals surface area contributed by atoms with Gasteiger partial charge >= 0.3 is 0 Å². The first-order valence-electron chi connectivity index (χ1n) is 10.6. The second-order valence-corrected chi connectivity index (χ2v) is 8.00. The van der Waals surface area contributed by atoms with E-state index in [1.165, 1.54) is 0 Å². The SMILES string of the molecule is CCC(C(=O)NCC(C)C)N(Cc1ccccc1C)C(=O)CCc1ccccc1. The van der Waals surface area contributed by atoms with Gasteiger partial charge in [0.15, 0.2) is 0 Å². The fraction of sp³-hybridized carbons (Fsp3) is 0.440. The Bertz CT molecular complexity index is 786. The molecule has 156 valence electrons. The van der Waals surface area contributed by atoms with Crippen LogP contribution in [0.3, 0.4) is 0 Å². The summed E-state index contributed by atoms with van der Waals surface area (Å²) in [6.07, 6.45) is 1.66. The van der Waals surface area contributed by atoms with Gasteiger partial charge in [0.25, 0.3) is 0 Å². The molecule has 2 aromatic carbocycles. The van der Waals surface area contributed by atoms with Crippen LogP contribution in [0, 0.1) is 12.8 Å². The quantitative estimate of drug-likeness (QED) is 0.645. The average Bonchev–Trinajstić information content (AvgIpc) is 2.72. The molecule has 0 fully saturated rings. The number of nitrogens with one attached hydrogen (secondary N) is 1. The van der Waals surface area contributed by atoms with Crippen molar-refractivity contribution in [3.63, 3.8) is 0 Å². The number of rotatable bonds is 10. The van der Waals surface area contributed by atoms with Crippen LogP contribution in [-0.4, -0.2) is 29.3 Å². The highest BCUT2D eigenvalue weighted by Gasteiger charge is 2.28. The van der Waals surface area contributed by atoms with Crippen LogP contribution in [0.4, 0.5) is 0 Å². The van der Waals surface area contributed by atoms with Crippen molar-refractivity contribution < 1.29 is 9.59 Å². The zero-order chi connectivity index (χ0) is 21.2. The number of carbonyl (C=O) groups is 2. The largest absolute Gasteiger partial charge is 0.354 e. The summed E-state index contributed by atoms with van der Waals surface area (Å²) in [6.45, 7) is 9.21. The van der Waals surface area contributed by atoms with Gasteiger partial charge in [-0.2, -0.15) is 0 Å². The lowest BCUT2D eigenvalue weighted by atomic mass is 10.0. The van der Waals surface area contributed by atoms with E-state index in [0.717, 1.165) is 16.7 Å². The molecule has 0 aliphatic rings. The highest BCUT2D eigenvalue weighted by atomic mass is 16.2. The molecule has 2 rings (SSSR count). The molecule has 0 saturated heterocycles. The van der Waals surface area contributed by atoms with Gasteiger partial charge in [0, 0.05) is 19.5 Å². The molecule has 0 aliphatic heterocycles. The van der Waals surface area contributed by atoms with Gasteiger partial charge in [0.1, 0.15) is 6.04 Å². The van der Waals surface area contributed by atoms with Gasteiger partial charge in [-0.05, 0) is 42.4 Å². The lowest BCUT2D eigenvalue weighted by Crippen LogP contribution is -2.49. The Kier molecular flexibility index (Phi) is 8.91. The molecule has 0 aliphatic carbocycles. The van der Waals surface area contributed by atoms with Crippen LogP contribution < -0.4 is 5.32 Å². The lowest BCUT2D eigenvalue weighted by molar-refractivity contribution is -0.141. The zero-order valence-corrected chi connectivity index (χ0v) is 18.2. The maximum absolute atomic E-state index is 13.2. The summed E-state index contributed by atoms with van der Waals surface area (Å²) in [5.41, 5.74) is 3.34. The Morgan fingerprint density at radius 3 is 2.28 bits per heavy atom. The van der Waals surface area contributed by atoms with Crippen LogP contribution in [0.2, 0.25) is 0 Å². The van der Waals surface area contributed by atoms with Crippen molar-refractivity contribution in [3.8, 4) is 0 Å². The van der Waals surface area contributed by atoms with Crippen LogP contribution in [0.25, 0.3) is 0 Å². The van der Waals surface area contributed by atoms with Gasteiger partial charge in [-0.3, -0.25) is 9.59 Å². The lowest BCUT2D eigenvalue weighted by Gasteiger charge is -2.31. The minimum Gasteiger partial charge on any atom is -0.354 e. The molecule has 4 nitrogen and oxygen atoms in total. The first kappa shape index (κ1) is 22.7. The van der Waals surface area contributed by atoms with Crippen molar-refractivity contribution >= 4 is 11.8 Å². The van der Waals surface area contributed by atoms with E-state index in [4.69, 9.17) is 0 Å². The number of carbonyl (C=O) groups excluding carboxylic acids is 2. The van der Waals surface area contributed by atoms with E-state index < -0.39 is 6.04 Å². The van der Waals surface area contributed by atoms with Crippen molar-refractivity contribution in [3.05, 3.63) is 71.3 Å². The average molecular weight is 395 g/mol. The third kappa shape index (κ3) is 7.04. The molecule has 4 heteroatoms. The maximum atomic E-state index is 13.2. The number of aryl methyl sites for hydroxylation is 2. The molecular formula is C25H34N2O2. The molecule has 0 aromatic heterocycles. The number of hydrogen-bond acceptors (Lipinski definition) is 2. The Morgan fingerprint density at radius 1 is 1.00 bits per heavy atom. The summed E-state index contributed by atoms with van der Waals surface area (Å²) in [5.74, 6) is 0.321. The van der Waals surface area contributed by atoms with Gasteiger partial charge < -0.3 is 10.2 Å². The molecule has 1 N–H and O–H groups in total. The topological polar surface area (TPSA) is 49.4 Å². The normalized spacial score (nSPS) is 11.9. The fourth-order valence-corrected chi connectivity index (χ4v) is 3.35. The Hall–Kier alpha value is -2.62. The van der Waals surface area contributed by atoms with E-state index in [9.17, 15) is 9.59 Å². The second-order valence-electron chi connectivity index (χ2n) is 8.00.